The van der Waals surface area contributed by atoms with Crippen LogP contribution in [0.2, 0.25) is 0 Å². The smallest absolute Gasteiger partial charge is 0.315 e. The third-order valence-electron chi connectivity index (χ3n) is 4.48. The first-order chi connectivity index (χ1) is 13.0. The fourth-order valence-electron chi connectivity index (χ4n) is 2.95. The van der Waals surface area contributed by atoms with Gasteiger partial charge >= 0.3 is 6.03 Å². The molecule has 2 aromatic rings. The third kappa shape index (κ3) is 4.36. The number of benzene rings is 2. The number of hydrogen-bond donors (Lipinski definition) is 2. The number of carbonyl (C=O) groups is 3. The summed E-state index contributed by atoms with van der Waals surface area (Å²) in [6.45, 7) is 3.08. The van der Waals surface area contributed by atoms with Gasteiger partial charge in [0.25, 0.3) is 11.8 Å². The van der Waals surface area contributed by atoms with E-state index in [2.05, 4.69) is 26.6 Å². The van der Waals surface area contributed by atoms with Crippen molar-refractivity contribution in [2.24, 2.45) is 0 Å². The lowest BCUT2D eigenvalue weighted by Crippen LogP contribution is -2.38. The van der Waals surface area contributed by atoms with Crippen LogP contribution in [0.1, 0.15) is 38.3 Å². The number of hydrogen-bond acceptors (Lipinski definition) is 3. The molecule has 4 amide bonds. The van der Waals surface area contributed by atoms with Gasteiger partial charge < -0.3 is 10.6 Å². The van der Waals surface area contributed by atoms with E-state index in [-0.39, 0.29) is 24.4 Å². The second-order valence-corrected chi connectivity index (χ2v) is 7.26. The lowest BCUT2D eigenvalue weighted by Gasteiger charge is -2.14. The van der Waals surface area contributed by atoms with Crippen molar-refractivity contribution in [3.8, 4) is 0 Å². The maximum absolute atomic E-state index is 12.4. The number of aryl methyl sites for hydroxylation is 1. The molecule has 27 heavy (non-hydrogen) atoms. The molecule has 6 nitrogen and oxygen atoms in total. The molecule has 2 aromatic carbocycles. The van der Waals surface area contributed by atoms with Gasteiger partial charge in [-0.15, -0.1) is 0 Å². The van der Waals surface area contributed by atoms with Gasteiger partial charge in [-0.1, -0.05) is 40.2 Å². The van der Waals surface area contributed by atoms with Crippen molar-refractivity contribution in [2.75, 3.05) is 13.1 Å². The monoisotopic (exact) mass is 429 g/mol. The predicted molar refractivity (Wildman–Crippen MR) is 106 cm³/mol. The van der Waals surface area contributed by atoms with E-state index in [1.54, 1.807) is 18.2 Å². The summed E-state index contributed by atoms with van der Waals surface area (Å²) < 4.78 is 0.760. The molecule has 1 heterocycles. The zero-order valence-electron chi connectivity index (χ0n) is 14.9. The summed E-state index contributed by atoms with van der Waals surface area (Å²) >= 11 is 3.31. The minimum Gasteiger partial charge on any atom is -0.338 e. The molecule has 7 heteroatoms. The van der Waals surface area contributed by atoms with E-state index >= 15 is 0 Å². The van der Waals surface area contributed by atoms with Crippen LogP contribution in [0.3, 0.4) is 0 Å². The molecule has 0 saturated heterocycles. The highest BCUT2D eigenvalue weighted by atomic mass is 79.9. The molecular formula is C20H20BrN3O3. The van der Waals surface area contributed by atoms with Crippen LogP contribution in [-0.4, -0.2) is 35.8 Å². The van der Waals surface area contributed by atoms with Crippen LogP contribution < -0.4 is 10.6 Å². The molecule has 0 unspecified atom stereocenters. The quantitative estimate of drug-likeness (QED) is 0.546. The summed E-state index contributed by atoms with van der Waals surface area (Å²) in [7, 11) is 0. The Bertz CT molecular complexity index is 898. The van der Waals surface area contributed by atoms with E-state index in [1.165, 1.54) is 4.90 Å². The Morgan fingerprint density at radius 2 is 1.78 bits per heavy atom. The molecule has 0 bridgehead atoms. The van der Waals surface area contributed by atoms with E-state index < -0.39 is 0 Å². The van der Waals surface area contributed by atoms with E-state index in [1.807, 2.05) is 31.2 Å². The fourth-order valence-corrected chi connectivity index (χ4v) is 3.31. The Morgan fingerprint density at radius 1 is 1.04 bits per heavy atom. The van der Waals surface area contributed by atoms with Gasteiger partial charge in [0.15, 0.2) is 0 Å². The first kappa shape index (κ1) is 19.1. The number of rotatable bonds is 6. The summed E-state index contributed by atoms with van der Waals surface area (Å²) in [6.07, 6.45) is 0.490. The number of nitrogens with one attached hydrogen (secondary N) is 2. The first-order valence-corrected chi connectivity index (χ1v) is 9.48. The SMILES string of the molecule is Cc1ccccc1CNC(=O)NCCCN1C(=O)c2ccc(Br)cc2C1=O. The zero-order valence-corrected chi connectivity index (χ0v) is 16.5. The van der Waals surface area contributed by atoms with Crippen molar-refractivity contribution in [1.29, 1.82) is 0 Å². The standard InChI is InChI=1S/C20H20BrN3O3/c1-13-5-2-3-6-14(13)12-23-20(27)22-9-4-10-24-18(25)16-8-7-15(21)11-17(16)19(24)26/h2-3,5-8,11H,4,9-10,12H2,1H3,(H2,22,23,27). The third-order valence-corrected chi connectivity index (χ3v) is 4.97. The highest BCUT2D eigenvalue weighted by Gasteiger charge is 2.34. The molecule has 0 saturated carbocycles. The molecule has 0 fully saturated rings. The summed E-state index contributed by atoms with van der Waals surface area (Å²) in [4.78, 5) is 37.8. The molecule has 140 valence electrons. The van der Waals surface area contributed by atoms with Gasteiger partial charge in [-0.05, 0) is 42.7 Å². The van der Waals surface area contributed by atoms with Crippen LogP contribution in [0.5, 0.6) is 0 Å². The molecule has 3 rings (SSSR count). The summed E-state index contributed by atoms with van der Waals surface area (Å²) in [5.41, 5.74) is 3.02. The minimum absolute atomic E-state index is 0.266. The average molecular weight is 430 g/mol. The van der Waals surface area contributed by atoms with Crippen molar-refractivity contribution in [1.82, 2.24) is 15.5 Å². The zero-order chi connectivity index (χ0) is 19.4. The van der Waals surface area contributed by atoms with Crippen LogP contribution in [0.4, 0.5) is 4.79 Å². The fraction of sp³-hybridized carbons (Fsp3) is 0.250. The number of halogens is 1. The summed E-state index contributed by atoms with van der Waals surface area (Å²) in [6, 6.07) is 12.6. The molecule has 0 atom stereocenters. The minimum atomic E-state index is -0.291. The predicted octanol–water partition coefficient (Wildman–Crippen LogP) is 3.24. The number of imide groups is 1. The Morgan fingerprint density at radius 3 is 2.56 bits per heavy atom. The Hall–Kier alpha value is -2.67. The molecule has 0 aliphatic carbocycles. The van der Waals surface area contributed by atoms with Gasteiger partial charge in [0.2, 0.25) is 0 Å². The molecule has 0 spiro atoms. The molecule has 1 aliphatic heterocycles. The van der Waals surface area contributed by atoms with E-state index in [0.717, 1.165) is 15.6 Å². The second-order valence-electron chi connectivity index (χ2n) is 6.34. The lowest BCUT2D eigenvalue weighted by molar-refractivity contribution is 0.0653. The molecule has 2 N–H and O–H groups in total. The van der Waals surface area contributed by atoms with Crippen LogP contribution in [0, 0.1) is 6.92 Å². The Kier molecular flexibility index (Phi) is 5.91. The van der Waals surface area contributed by atoms with Crippen LogP contribution in [-0.2, 0) is 6.54 Å². The van der Waals surface area contributed by atoms with Gasteiger partial charge in [-0.2, -0.15) is 0 Å². The van der Waals surface area contributed by atoms with Crippen molar-refractivity contribution in [2.45, 2.75) is 19.9 Å². The van der Waals surface area contributed by atoms with E-state index in [9.17, 15) is 14.4 Å². The van der Waals surface area contributed by atoms with Gasteiger partial charge in [-0.25, -0.2) is 4.79 Å². The van der Waals surface area contributed by atoms with Gasteiger partial charge in [-0.3, -0.25) is 14.5 Å². The Labute approximate surface area is 166 Å². The van der Waals surface area contributed by atoms with Gasteiger partial charge in [0.05, 0.1) is 11.1 Å². The molecule has 0 aromatic heterocycles. The lowest BCUT2D eigenvalue weighted by atomic mass is 10.1. The molecular weight excluding hydrogens is 410 g/mol. The van der Waals surface area contributed by atoms with Crippen molar-refractivity contribution in [3.63, 3.8) is 0 Å². The number of fused-ring (bicyclic) bond motifs is 1. The van der Waals surface area contributed by atoms with E-state index in [4.69, 9.17) is 0 Å². The van der Waals surface area contributed by atoms with Crippen LogP contribution in [0.15, 0.2) is 46.9 Å². The molecule has 1 aliphatic rings. The largest absolute Gasteiger partial charge is 0.338 e. The summed E-state index contributed by atoms with van der Waals surface area (Å²) in [5.74, 6) is -0.577. The maximum Gasteiger partial charge on any atom is 0.315 e. The van der Waals surface area contributed by atoms with Crippen molar-refractivity contribution < 1.29 is 14.4 Å². The topological polar surface area (TPSA) is 78.5 Å². The van der Waals surface area contributed by atoms with Crippen molar-refractivity contribution in [3.05, 3.63) is 69.2 Å². The summed E-state index contributed by atoms with van der Waals surface area (Å²) in [5, 5.41) is 5.55. The van der Waals surface area contributed by atoms with Crippen LogP contribution in [0.25, 0.3) is 0 Å². The number of carbonyl (C=O) groups excluding carboxylic acids is 3. The van der Waals surface area contributed by atoms with Gasteiger partial charge in [0, 0.05) is 24.1 Å². The normalized spacial score (nSPS) is 12.9. The van der Waals surface area contributed by atoms with E-state index in [0.29, 0.717) is 30.6 Å². The van der Waals surface area contributed by atoms with Gasteiger partial charge in [0.1, 0.15) is 0 Å². The average Bonchev–Trinajstić information content (AvgIpc) is 2.88. The highest BCUT2D eigenvalue weighted by molar-refractivity contribution is 9.10. The van der Waals surface area contributed by atoms with Crippen molar-refractivity contribution >= 4 is 33.8 Å². The Balaban J connectivity index is 1.43. The molecule has 0 radical (unpaired) electrons. The number of urea groups is 1. The maximum atomic E-state index is 12.4. The number of amides is 4. The van der Waals surface area contributed by atoms with Crippen LogP contribution >= 0.6 is 15.9 Å². The first-order valence-electron chi connectivity index (χ1n) is 8.69. The highest BCUT2D eigenvalue weighted by Crippen LogP contribution is 2.25. The second kappa shape index (κ2) is 8.35. The number of nitrogens with zero attached hydrogens (tertiary/aromatic N) is 1.